The normalized spacial score (nSPS) is 13.0. The Bertz CT molecular complexity index is 955. The van der Waals surface area contributed by atoms with Gasteiger partial charge in [-0.25, -0.2) is 4.68 Å². The second-order valence-corrected chi connectivity index (χ2v) is 5.95. The third-order valence-corrected chi connectivity index (χ3v) is 4.35. The van der Waals surface area contributed by atoms with Crippen molar-refractivity contribution in [2.75, 3.05) is 0 Å². The standard InChI is InChI=1S/C19H16N2O3/c22-17(15-7-6-13-3-1-4-14(13)11-15)12-21-19(23)9-8-16(20-21)18-5-2-10-24-18/h2,5-11H,1,3-4,12H2. The van der Waals surface area contributed by atoms with Crippen LogP contribution in [-0.2, 0) is 19.4 Å². The molecule has 4 rings (SSSR count). The lowest BCUT2D eigenvalue weighted by atomic mass is 10.0. The summed E-state index contributed by atoms with van der Waals surface area (Å²) in [5, 5.41) is 4.24. The van der Waals surface area contributed by atoms with Gasteiger partial charge in [-0.3, -0.25) is 9.59 Å². The van der Waals surface area contributed by atoms with Crippen LogP contribution >= 0.6 is 0 Å². The first-order valence-electron chi connectivity index (χ1n) is 7.98. The molecule has 0 fully saturated rings. The molecular formula is C19H16N2O3. The first-order valence-corrected chi connectivity index (χ1v) is 7.98. The third-order valence-electron chi connectivity index (χ3n) is 4.35. The second-order valence-electron chi connectivity index (χ2n) is 5.95. The summed E-state index contributed by atoms with van der Waals surface area (Å²) < 4.78 is 6.48. The average molecular weight is 320 g/mol. The van der Waals surface area contributed by atoms with E-state index in [2.05, 4.69) is 5.10 Å². The number of nitrogens with zero attached hydrogens (tertiary/aromatic N) is 2. The average Bonchev–Trinajstić information content (AvgIpc) is 3.27. The predicted molar refractivity (Wildman–Crippen MR) is 89.0 cm³/mol. The SMILES string of the molecule is O=C(Cn1nc(-c2ccco2)ccc1=O)c1ccc2c(c1)CCC2. The van der Waals surface area contributed by atoms with Crippen LogP contribution in [0.25, 0.3) is 11.5 Å². The van der Waals surface area contributed by atoms with E-state index in [1.807, 2.05) is 18.2 Å². The van der Waals surface area contributed by atoms with Gasteiger partial charge < -0.3 is 4.42 Å². The number of Topliss-reactive ketones (excluding diaryl/α,β-unsaturated/α-hetero) is 1. The summed E-state index contributed by atoms with van der Waals surface area (Å²) in [5.41, 5.74) is 3.42. The van der Waals surface area contributed by atoms with Crippen molar-refractivity contribution >= 4 is 5.78 Å². The molecular weight excluding hydrogens is 304 g/mol. The van der Waals surface area contributed by atoms with Crippen LogP contribution in [0.3, 0.4) is 0 Å². The number of aryl methyl sites for hydroxylation is 2. The first-order chi connectivity index (χ1) is 11.7. The van der Waals surface area contributed by atoms with Crippen LogP contribution in [0, 0.1) is 0 Å². The zero-order chi connectivity index (χ0) is 16.5. The lowest BCUT2D eigenvalue weighted by Crippen LogP contribution is -2.26. The molecule has 0 N–H and O–H groups in total. The second kappa shape index (κ2) is 5.92. The molecule has 24 heavy (non-hydrogen) atoms. The van der Waals surface area contributed by atoms with Gasteiger partial charge in [0.05, 0.1) is 6.26 Å². The van der Waals surface area contributed by atoms with Gasteiger partial charge in [0.1, 0.15) is 12.2 Å². The number of carbonyl (C=O) groups excluding carboxylic acids is 1. The first kappa shape index (κ1) is 14.6. The van der Waals surface area contributed by atoms with E-state index in [9.17, 15) is 9.59 Å². The van der Waals surface area contributed by atoms with Gasteiger partial charge >= 0.3 is 0 Å². The van der Waals surface area contributed by atoms with Crippen LogP contribution in [0.5, 0.6) is 0 Å². The maximum Gasteiger partial charge on any atom is 0.267 e. The van der Waals surface area contributed by atoms with Crippen LogP contribution in [0.15, 0.2) is 57.9 Å². The van der Waals surface area contributed by atoms with Crippen molar-refractivity contribution in [1.29, 1.82) is 0 Å². The molecule has 0 amide bonds. The van der Waals surface area contributed by atoms with Crippen molar-refractivity contribution in [3.8, 4) is 11.5 Å². The maximum atomic E-state index is 12.5. The van der Waals surface area contributed by atoms with Gasteiger partial charge in [-0.05, 0) is 54.7 Å². The Morgan fingerprint density at radius 2 is 2.00 bits per heavy atom. The Labute approximate surface area is 138 Å². The molecule has 1 aliphatic carbocycles. The summed E-state index contributed by atoms with van der Waals surface area (Å²) in [7, 11) is 0. The Balaban J connectivity index is 1.62. The molecule has 3 aromatic rings. The molecule has 0 radical (unpaired) electrons. The number of fused-ring (bicyclic) bond motifs is 1. The lowest BCUT2D eigenvalue weighted by molar-refractivity contribution is 0.0965. The molecule has 1 aliphatic rings. The molecule has 0 spiro atoms. The summed E-state index contributed by atoms with van der Waals surface area (Å²) >= 11 is 0. The van der Waals surface area contributed by atoms with E-state index in [0.29, 0.717) is 17.0 Å². The summed E-state index contributed by atoms with van der Waals surface area (Å²) in [6.07, 6.45) is 4.78. The fourth-order valence-corrected chi connectivity index (χ4v) is 3.09. The van der Waals surface area contributed by atoms with Gasteiger partial charge in [0, 0.05) is 11.6 Å². The molecule has 0 aliphatic heterocycles. The zero-order valence-corrected chi connectivity index (χ0v) is 13.1. The fraction of sp³-hybridized carbons (Fsp3) is 0.211. The highest BCUT2D eigenvalue weighted by atomic mass is 16.3. The number of hydrogen-bond acceptors (Lipinski definition) is 4. The highest BCUT2D eigenvalue weighted by molar-refractivity contribution is 5.96. The minimum absolute atomic E-state index is 0.0772. The third kappa shape index (κ3) is 2.69. The van der Waals surface area contributed by atoms with Crippen LogP contribution < -0.4 is 5.56 Å². The fourth-order valence-electron chi connectivity index (χ4n) is 3.09. The van der Waals surface area contributed by atoms with Crippen molar-refractivity contribution in [3.05, 3.63) is 75.8 Å². The molecule has 0 saturated carbocycles. The van der Waals surface area contributed by atoms with E-state index in [1.165, 1.54) is 21.9 Å². The Morgan fingerprint density at radius 3 is 2.83 bits per heavy atom. The van der Waals surface area contributed by atoms with Crippen LogP contribution in [0.2, 0.25) is 0 Å². The van der Waals surface area contributed by atoms with E-state index < -0.39 is 0 Å². The largest absolute Gasteiger partial charge is 0.463 e. The minimum atomic E-state index is -0.306. The number of hydrogen-bond donors (Lipinski definition) is 0. The van der Waals surface area contributed by atoms with Crippen molar-refractivity contribution in [2.45, 2.75) is 25.8 Å². The highest BCUT2D eigenvalue weighted by Crippen LogP contribution is 2.23. The number of furan rings is 1. The minimum Gasteiger partial charge on any atom is -0.463 e. The van der Waals surface area contributed by atoms with Gasteiger partial charge in [0.2, 0.25) is 0 Å². The smallest absolute Gasteiger partial charge is 0.267 e. The molecule has 0 atom stereocenters. The molecule has 5 heteroatoms. The summed E-state index contributed by atoms with van der Waals surface area (Å²) in [6, 6.07) is 12.3. The monoisotopic (exact) mass is 320 g/mol. The van der Waals surface area contributed by atoms with Gasteiger partial charge in [-0.1, -0.05) is 12.1 Å². The van der Waals surface area contributed by atoms with Crippen LogP contribution in [0.1, 0.15) is 27.9 Å². The Hall–Kier alpha value is -2.95. The topological polar surface area (TPSA) is 65.1 Å². The van der Waals surface area contributed by atoms with Crippen LogP contribution in [-0.4, -0.2) is 15.6 Å². The molecule has 5 nitrogen and oxygen atoms in total. The molecule has 1 aromatic carbocycles. The van der Waals surface area contributed by atoms with E-state index in [-0.39, 0.29) is 17.9 Å². The lowest BCUT2D eigenvalue weighted by Gasteiger charge is -2.07. The van der Waals surface area contributed by atoms with Crippen LogP contribution in [0.4, 0.5) is 0 Å². The number of ketones is 1. The number of benzene rings is 1. The molecule has 120 valence electrons. The van der Waals surface area contributed by atoms with E-state index >= 15 is 0 Å². The van der Waals surface area contributed by atoms with Gasteiger partial charge in [-0.15, -0.1) is 0 Å². The Morgan fingerprint density at radius 1 is 1.12 bits per heavy atom. The summed E-state index contributed by atoms with van der Waals surface area (Å²) in [6.45, 7) is -0.0772. The number of rotatable bonds is 4. The molecule has 2 aromatic heterocycles. The molecule has 2 heterocycles. The van der Waals surface area contributed by atoms with Crippen molar-refractivity contribution in [2.24, 2.45) is 0 Å². The van der Waals surface area contributed by atoms with E-state index in [1.54, 1.807) is 24.5 Å². The Kier molecular flexibility index (Phi) is 3.61. The predicted octanol–water partition coefficient (Wildman–Crippen LogP) is 2.87. The van der Waals surface area contributed by atoms with Gasteiger partial charge in [0.15, 0.2) is 11.5 Å². The van der Waals surface area contributed by atoms with Crippen molar-refractivity contribution in [1.82, 2.24) is 9.78 Å². The highest BCUT2D eigenvalue weighted by Gasteiger charge is 2.15. The maximum absolute atomic E-state index is 12.5. The summed E-state index contributed by atoms with van der Waals surface area (Å²) in [4.78, 5) is 24.6. The van der Waals surface area contributed by atoms with Gasteiger partial charge in [0.25, 0.3) is 5.56 Å². The van der Waals surface area contributed by atoms with Crippen molar-refractivity contribution in [3.63, 3.8) is 0 Å². The summed E-state index contributed by atoms with van der Waals surface area (Å²) in [5.74, 6) is 0.449. The number of carbonyl (C=O) groups is 1. The van der Waals surface area contributed by atoms with Crippen molar-refractivity contribution < 1.29 is 9.21 Å². The van der Waals surface area contributed by atoms with E-state index in [0.717, 1.165) is 19.3 Å². The zero-order valence-electron chi connectivity index (χ0n) is 13.1. The quantitative estimate of drug-likeness (QED) is 0.693. The van der Waals surface area contributed by atoms with E-state index in [4.69, 9.17) is 4.42 Å². The number of aromatic nitrogens is 2. The van der Waals surface area contributed by atoms with Gasteiger partial charge in [-0.2, -0.15) is 5.10 Å². The molecule has 0 unspecified atom stereocenters. The molecule has 0 saturated heterocycles. The molecule has 0 bridgehead atoms.